The van der Waals surface area contributed by atoms with Gasteiger partial charge < -0.3 is 10.6 Å². The highest BCUT2D eigenvalue weighted by Crippen LogP contribution is 2.33. The van der Waals surface area contributed by atoms with E-state index in [-0.39, 0.29) is 12.5 Å². The monoisotopic (exact) mass is 413 g/mol. The Balaban J connectivity index is 1.68. The third-order valence-corrected chi connectivity index (χ3v) is 5.27. The molecule has 0 bridgehead atoms. The highest BCUT2D eigenvalue weighted by Gasteiger charge is 2.51. The normalized spacial score (nSPS) is 19.5. The molecule has 1 aliphatic heterocycles. The second-order valence-electron chi connectivity index (χ2n) is 6.14. The van der Waals surface area contributed by atoms with E-state index in [2.05, 4.69) is 26.6 Å². The number of rotatable bonds is 3. The number of nitrogens with zero attached hydrogens (tertiary/aromatic N) is 1. The van der Waals surface area contributed by atoms with E-state index >= 15 is 0 Å². The van der Waals surface area contributed by atoms with Crippen LogP contribution in [0.1, 0.15) is 32.1 Å². The van der Waals surface area contributed by atoms with Gasteiger partial charge in [-0.3, -0.25) is 14.5 Å². The van der Waals surface area contributed by atoms with E-state index in [1.165, 1.54) is 0 Å². The lowest BCUT2D eigenvalue weighted by Gasteiger charge is -2.30. The van der Waals surface area contributed by atoms with Crippen molar-refractivity contribution in [2.24, 2.45) is 0 Å². The maximum Gasteiger partial charge on any atom is 0.325 e. The largest absolute Gasteiger partial charge is 0.325 e. The molecule has 3 rings (SSSR count). The number of halogens is 2. The van der Waals surface area contributed by atoms with Gasteiger partial charge in [0.1, 0.15) is 12.1 Å². The summed E-state index contributed by atoms with van der Waals surface area (Å²) >= 11 is 9.35. The van der Waals surface area contributed by atoms with Crippen LogP contribution in [-0.4, -0.2) is 34.8 Å². The SMILES string of the molecule is O=C(CN1C(=O)NC2(CCCCC2)C1=O)Nc1ccc(Br)cc1Cl. The summed E-state index contributed by atoms with van der Waals surface area (Å²) in [4.78, 5) is 38.0. The molecule has 2 N–H and O–H groups in total. The molecule has 8 heteroatoms. The van der Waals surface area contributed by atoms with Gasteiger partial charge in [-0.2, -0.15) is 0 Å². The second kappa shape index (κ2) is 6.72. The Kier molecular flexibility index (Phi) is 4.83. The number of benzene rings is 1. The summed E-state index contributed by atoms with van der Waals surface area (Å²) in [6.45, 7) is -0.321. The fraction of sp³-hybridized carbons (Fsp3) is 0.438. The quantitative estimate of drug-likeness (QED) is 0.745. The predicted molar refractivity (Wildman–Crippen MR) is 93.8 cm³/mol. The minimum Gasteiger partial charge on any atom is -0.323 e. The molecule has 0 atom stereocenters. The summed E-state index contributed by atoms with van der Waals surface area (Å²) in [5, 5.41) is 5.79. The number of hydrogen-bond acceptors (Lipinski definition) is 3. The van der Waals surface area contributed by atoms with E-state index in [1.54, 1.807) is 18.2 Å². The van der Waals surface area contributed by atoms with Gasteiger partial charge in [-0.15, -0.1) is 0 Å². The molecule has 6 nitrogen and oxygen atoms in total. The Morgan fingerprint density at radius 2 is 2.00 bits per heavy atom. The van der Waals surface area contributed by atoms with E-state index < -0.39 is 17.5 Å². The van der Waals surface area contributed by atoms with Gasteiger partial charge in [0.05, 0.1) is 10.7 Å². The van der Waals surface area contributed by atoms with Crippen molar-refractivity contribution in [3.8, 4) is 0 Å². The number of anilines is 1. The molecule has 1 aromatic rings. The molecule has 2 fully saturated rings. The third-order valence-electron chi connectivity index (χ3n) is 4.46. The van der Waals surface area contributed by atoms with Crippen molar-refractivity contribution >= 4 is 51.1 Å². The van der Waals surface area contributed by atoms with E-state index in [0.29, 0.717) is 23.6 Å². The van der Waals surface area contributed by atoms with Gasteiger partial charge >= 0.3 is 6.03 Å². The fourth-order valence-electron chi connectivity index (χ4n) is 3.24. The van der Waals surface area contributed by atoms with Crippen molar-refractivity contribution in [2.45, 2.75) is 37.6 Å². The van der Waals surface area contributed by atoms with Crippen LogP contribution in [0.15, 0.2) is 22.7 Å². The number of imide groups is 1. The Morgan fingerprint density at radius 1 is 1.29 bits per heavy atom. The molecule has 1 spiro atoms. The Hall–Kier alpha value is -1.60. The molecule has 0 radical (unpaired) electrons. The molecule has 0 aromatic heterocycles. The smallest absolute Gasteiger partial charge is 0.323 e. The van der Waals surface area contributed by atoms with E-state index in [9.17, 15) is 14.4 Å². The number of urea groups is 1. The molecule has 4 amide bonds. The van der Waals surface area contributed by atoms with Crippen LogP contribution < -0.4 is 10.6 Å². The number of carbonyl (C=O) groups excluding carboxylic acids is 3. The summed E-state index contributed by atoms with van der Waals surface area (Å²) in [6.07, 6.45) is 4.14. The van der Waals surface area contributed by atoms with Crippen molar-refractivity contribution in [2.75, 3.05) is 11.9 Å². The molecule has 1 heterocycles. The lowest BCUT2D eigenvalue weighted by atomic mass is 9.82. The lowest BCUT2D eigenvalue weighted by molar-refractivity contribution is -0.134. The van der Waals surface area contributed by atoms with Crippen LogP contribution in [0, 0.1) is 0 Å². The van der Waals surface area contributed by atoms with Gasteiger partial charge in [0, 0.05) is 4.47 Å². The van der Waals surface area contributed by atoms with Crippen LogP contribution >= 0.6 is 27.5 Å². The van der Waals surface area contributed by atoms with Crippen molar-refractivity contribution in [3.05, 3.63) is 27.7 Å². The Bertz CT molecular complexity index is 704. The van der Waals surface area contributed by atoms with Crippen LogP contribution in [0.4, 0.5) is 10.5 Å². The molecule has 24 heavy (non-hydrogen) atoms. The van der Waals surface area contributed by atoms with Crippen LogP contribution in [0.3, 0.4) is 0 Å². The second-order valence-corrected chi connectivity index (χ2v) is 7.46. The first-order valence-corrected chi connectivity index (χ1v) is 8.97. The van der Waals surface area contributed by atoms with Gasteiger partial charge in [-0.05, 0) is 31.0 Å². The Morgan fingerprint density at radius 3 is 2.67 bits per heavy atom. The summed E-state index contributed by atoms with van der Waals surface area (Å²) in [7, 11) is 0. The highest BCUT2D eigenvalue weighted by atomic mass is 79.9. The number of amides is 4. The third kappa shape index (κ3) is 3.28. The van der Waals surface area contributed by atoms with Crippen molar-refractivity contribution < 1.29 is 14.4 Å². The lowest BCUT2D eigenvalue weighted by Crippen LogP contribution is -2.48. The van der Waals surface area contributed by atoms with Gasteiger partial charge in [0.15, 0.2) is 0 Å². The molecule has 0 unspecified atom stereocenters. The first-order valence-electron chi connectivity index (χ1n) is 7.80. The van der Waals surface area contributed by atoms with E-state index in [4.69, 9.17) is 11.6 Å². The molecule has 128 valence electrons. The molecule has 1 saturated carbocycles. The molecule has 1 aromatic carbocycles. The van der Waals surface area contributed by atoms with Crippen LogP contribution in [0.5, 0.6) is 0 Å². The standard InChI is InChI=1S/C16H17BrClN3O3/c17-10-4-5-12(11(18)8-10)19-13(22)9-21-14(23)16(20-15(21)24)6-2-1-3-7-16/h4-5,8H,1-3,6-7,9H2,(H,19,22)(H,20,24). The molecule has 1 saturated heterocycles. The van der Waals surface area contributed by atoms with E-state index in [1.807, 2.05) is 0 Å². The molecular weight excluding hydrogens is 398 g/mol. The topological polar surface area (TPSA) is 78.5 Å². The summed E-state index contributed by atoms with van der Waals surface area (Å²) < 4.78 is 0.791. The zero-order valence-electron chi connectivity index (χ0n) is 12.9. The molecular formula is C16H17BrClN3O3. The van der Waals surface area contributed by atoms with Gasteiger partial charge in [-0.25, -0.2) is 4.79 Å². The van der Waals surface area contributed by atoms with E-state index in [0.717, 1.165) is 28.6 Å². The maximum atomic E-state index is 12.6. The summed E-state index contributed by atoms with van der Waals surface area (Å²) in [5.41, 5.74) is -0.380. The zero-order valence-corrected chi connectivity index (χ0v) is 15.2. The first-order chi connectivity index (χ1) is 11.4. The van der Waals surface area contributed by atoms with Crippen LogP contribution in [0.25, 0.3) is 0 Å². The fourth-order valence-corrected chi connectivity index (χ4v) is 3.96. The van der Waals surface area contributed by atoms with Gasteiger partial charge in [-0.1, -0.05) is 46.8 Å². The minimum atomic E-state index is -0.815. The summed E-state index contributed by atoms with van der Waals surface area (Å²) in [5.74, 6) is -0.764. The highest BCUT2D eigenvalue weighted by molar-refractivity contribution is 9.10. The average Bonchev–Trinajstić information content (AvgIpc) is 2.75. The van der Waals surface area contributed by atoms with Crippen LogP contribution in [-0.2, 0) is 9.59 Å². The number of hydrogen-bond donors (Lipinski definition) is 2. The van der Waals surface area contributed by atoms with Crippen molar-refractivity contribution in [3.63, 3.8) is 0 Å². The summed E-state index contributed by atoms with van der Waals surface area (Å²) in [6, 6.07) is 4.55. The Labute approximate surface area is 153 Å². The molecule has 1 aliphatic carbocycles. The zero-order chi connectivity index (χ0) is 17.3. The molecule has 2 aliphatic rings. The predicted octanol–water partition coefficient (Wildman–Crippen LogP) is 3.30. The first kappa shape index (κ1) is 17.2. The average molecular weight is 415 g/mol. The maximum absolute atomic E-state index is 12.6. The van der Waals surface area contributed by atoms with Crippen molar-refractivity contribution in [1.82, 2.24) is 10.2 Å². The number of nitrogens with one attached hydrogen (secondary N) is 2. The number of carbonyl (C=O) groups is 3. The van der Waals surface area contributed by atoms with Crippen LogP contribution in [0.2, 0.25) is 5.02 Å². The van der Waals surface area contributed by atoms with Crippen molar-refractivity contribution in [1.29, 1.82) is 0 Å². The minimum absolute atomic E-state index is 0.302. The van der Waals surface area contributed by atoms with Gasteiger partial charge in [0.2, 0.25) is 5.91 Å². The van der Waals surface area contributed by atoms with Gasteiger partial charge in [0.25, 0.3) is 5.91 Å².